The molecule has 16 aromatic heterocycles. The predicted octanol–water partition coefficient (Wildman–Crippen LogP) is 20.0. The molecule has 19 rings (SSSR count). The van der Waals surface area contributed by atoms with Crippen LogP contribution in [0, 0.1) is 56.7 Å². The number of nitriles is 5. The largest absolute Gasteiger partial charge is 0.495 e. The number of methoxy groups -OCH3 is 1. The summed E-state index contributed by atoms with van der Waals surface area (Å²) in [5.41, 5.74) is 2.96. The van der Waals surface area contributed by atoms with Crippen LogP contribution in [0.1, 0.15) is 113 Å². The Balaban J connectivity index is 0.000000138. The Labute approximate surface area is 818 Å². The number of anilines is 5. The van der Waals surface area contributed by atoms with Crippen molar-refractivity contribution in [3.8, 4) is 98.1 Å². The molecule has 2 aromatic carbocycles. The lowest BCUT2D eigenvalue weighted by atomic mass is 9.93. The number of hydrogen-bond donors (Lipinski definition) is 12. The Hall–Kier alpha value is -18.1. The van der Waals surface area contributed by atoms with Gasteiger partial charge in [0.25, 0.3) is 0 Å². The van der Waals surface area contributed by atoms with Crippen LogP contribution in [0.25, 0.3) is 117 Å². The highest BCUT2D eigenvalue weighted by molar-refractivity contribution is 6.32. The number of nitrogens with zero attached hydrogens (tertiary/aromatic N) is 22. The van der Waals surface area contributed by atoms with E-state index in [0.29, 0.717) is 77.0 Å². The minimum atomic E-state index is -4.55. The zero-order valence-corrected chi connectivity index (χ0v) is 76.4. The Morgan fingerprint density at radius 3 is 1.04 bits per heavy atom. The van der Waals surface area contributed by atoms with Crippen LogP contribution in [0.15, 0.2) is 184 Å². The molecule has 146 heavy (non-hydrogen) atoms. The Morgan fingerprint density at radius 2 is 0.740 bits per heavy atom. The van der Waals surface area contributed by atoms with E-state index in [1.807, 2.05) is 79.9 Å². The van der Waals surface area contributed by atoms with Crippen molar-refractivity contribution in [2.45, 2.75) is 108 Å². The first-order valence-electron chi connectivity index (χ1n) is 43.4. The molecule has 1 saturated carbocycles. The fraction of sp³-hybridized carbons (Fsp3) is 0.211. The van der Waals surface area contributed by atoms with Gasteiger partial charge in [-0.05, 0) is 111 Å². The fourth-order valence-electron chi connectivity index (χ4n) is 14.8. The molecule has 1 unspecified atom stereocenters. The molecule has 1 fully saturated rings. The maximum Gasteiger partial charge on any atom is 0.417 e. The quantitative estimate of drug-likeness (QED) is 0.0297. The molecule has 1 aliphatic carbocycles. The zero-order chi connectivity index (χ0) is 104. The van der Waals surface area contributed by atoms with Gasteiger partial charge in [0, 0.05) is 161 Å². The van der Waals surface area contributed by atoms with Crippen molar-refractivity contribution in [3.63, 3.8) is 0 Å². The van der Waals surface area contributed by atoms with Crippen molar-refractivity contribution in [1.29, 1.82) is 26.3 Å². The average Bonchev–Trinajstić information content (AvgIpc) is 1.64. The summed E-state index contributed by atoms with van der Waals surface area (Å²) in [6, 6.07) is 29.7. The summed E-state index contributed by atoms with van der Waals surface area (Å²) in [5.74, 6) is 1.71. The standard InChI is InChI=1S/C23H15F3N8.C21H14ClF3N6O.C19H17F3N6O.C16H13F3N6O.C16H13F3N6/c24-23(25,26)16-8-18-19(13-29-21(18)28-12-16)20-15(9-27)11-31-22(33-20)30-10-14-2-4-17(5-3-14)34-7-1-6-32-34;1-32-17-3-2-11(4-16(17)22)7-29-20-30-8-12(6-26)18(31-20)15-10-28-19-14(15)5-13(9-27-19)21(23,24)25;20-19(21,22)11-5-14-15(9-25-17(14)24-8-11)16-10(6-23)7-26-18(28-16)27-12-1-3-13(29)4-2-12;1-8(26)4-23-15-24-5-9(3-20)13(25-15)12-7-22-14-11(12)2-10(6-21-14)16(17,18)19;1-2-3-21-15-24-6-9(5-20)13(25-15)12-8-23-14-11(12)4-10(7-22-14)16(17,18)19/h1-8,11-13H,10H2,(H,28,29)(H,30,31,33);2-5,8-10H,7H2,1H3,(H,27,28)(H,29,30,31);5,7-9,12-13,29H,1-4H2,(H,24,25)(H,26,27,28);2,5-8,26H,4H2,1H3,(H,21,22)(H,23,24,25);4,6-8H,2-3H2,1H3,(H,22,23)(H,21,24,25). The van der Waals surface area contributed by atoms with E-state index in [1.165, 1.54) is 69.1 Å². The van der Waals surface area contributed by atoms with E-state index in [9.17, 15) is 102 Å². The van der Waals surface area contributed by atoms with Crippen molar-refractivity contribution in [2.75, 3.05) is 46.8 Å². The molecule has 1 aliphatic rings. The molecule has 12 N–H and O–H groups in total. The van der Waals surface area contributed by atoms with Gasteiger partial charge in [-0.15, -0.1) is 0 Å². The van der Waals surface area contributed by atoms with E-state index in [2.05, 4.69) is 131 Å². The fourth-order valence-corrected chi connectivity index (χ4v) is 15.1. The second kappa shape index (κ2) is 43.6. The number of hydrogen-bond acceptors (Lipinski definition) is 29. The summed E-state index contributed by atoms with van der Waals surface area (Å²) in [6.07, 6.45) is 1.41. The molecule has 16 heterocycles. The van der Waals surface area contributed by atoms with E-state index < -0.39 is 64.8 Å². The Bertz CT molecular complexity index is 8020. The number of pyridine rings is 5. The first-order valence-corrected chi connectivity index (χ1v) is 43.8. The number of benzene rings is 2. The first-order chi connectivity index (χ1) is 69.8. The van der Waals surface area contributed by atoms with Crippen molar-refractivity contribution in [3.05, 3.63) is 256 Å². The number of alkyl halides is 15. The number of aliphatic hydroxyl groups is 2. The number of aromatic nitrogens is 22. The van der Waals surface area contributed by atoms with Gasteiger partial charge < -0.3 is 66.5 Å². The molecule has 1 atom stereocenters. The molecular formula is C95H72ClF15N32O3. The lowest BCUT2D eigenvalue weighted by Crippen LogP contribution is -2.29. The number of H-pyrrole nitrogens is 5. The topological polar surface area (TPSA) is 519 Å². The van der Waals surface area contributed by atoms with Crippen LogP contribution in [0.2, 0.25) is 5.02 Å². The highest BCUT2D eigenvalue weighted by Crippen LogP contribution is 2.43. The van der Waals surface area contributed by atoms with Crippen LogP contribution in [0.3, 0.4) is 0 Å². The summed E-state index contributed by atoms with van der Waals surface area (Å²) in [6.45, 7) is 5.09. The maximum atomic E-state index is 13.2. The van der Waals surface area contributed by atoms with Crippen LogP contribution >= 0.6 is 11.6 Å². The van der Waals surface area contributed by atoms with Gasteiger partial charge in [-0.2, -0.15) is 97.3 Å². The molecule has 0 bridgehead atoms. The lowest BCUT2D eigenvalue weighted by molar-refractivity contribution is -0.138. The van der Waals surface area contributed by atoms with Gasteiger partial charge in [-0.1, -0.05) is 36.7 Å². The number of rotatable bonds is 21. The van der Waals surface area contributed by atoms with Gasteiger partial charge in [0.15, 0.2) is 0 Å². The van der Waals surface area contributed by atoms with Crippen molar-refractivity contribution < 1.29 is 80.8 Å². The molecule has 0 radical (unpaired) electrons. The molecule has 0 aliphatic heterocycles. The van der Waals surface area contributed by atoms with Crippen LogP contribution in [-0.4, -0.2) is 158 Å². The third kappa shape index (κ3) is 24.0. The highest BCUT2D eigenvalue weighted by atomic mass is 35.5. The van der Waals surface area contributed by atoms with Gasteiger partial charge in [0.2, 0.25) is 29.7 Å². The summed E-state index contributed by atoms with van der Waals surface area (Å²) in [4.78, 5) is 75.3. The van der Waals surface area contributed by atoms with E-state index in [-0.39, 0.29) is 154 Å². The van der Waals surface area contributed by atoms with Crippen molar-refractivity contribution >= 4 is 96.5 Å². The molecular weight excluding hydrogens is 1960 g/mol. The van der Waals surface area contributed by atoms with Gasteiger partial charge in [0.1, 0.15) is 64.3 Å². The van der Waals surface area contributed by atoms with Gasteiger partial charge in [-0.3, -0.25) is 0 Å². The van der Waals surface area contributed by atoms with Gasteiger partial charge >= 0.3 is 30.9 Å². The number of ether oxygens (including phenoxy) is 1. The molecule has 742 valence electrons. The van der Waals surface area contributed by atoms with Crippen LogP contribution in [-0.2, 0) is 44.0 Å². The predicted molar refractivity (Wildman–Crippen MR) is 501 cm³/mol. The average molecular weight is 2030 g/mol. The third-order valence-corrected chi connectivity index (χ3v) is 22.4. The first kappa shape index (κ1) is 102. The monoisotopic (exact) mass is 2030 g/mol. The Kier molecular flexibility index (Phi) is 30.5. The van der Waals surface area contributed by atoms with E-state index >= 15 is 0 Å². The van der Waals surface area contributed by atoms with E-state index in [4.69, 9.17) is 16.3 Å². The van der Waals surface area contributed by atoms with E-state index in [1.54, 1.807) is 29.9 Å². The van der Waals surface area contributed by atoms with Crippen LogP contribution in [0.5, 0.6) is 5.75 Å². The zero-order valence-electron chi connectivity index (χ0n) is 75.6. The second-order valence-corrected chi connectivity index (χ2v) is 32.4. The van der Waals surface area contributed by atoms with Crippen molar-refractivity contribution in [1.82, 2.24) is 109 Å². The summed E-state index contributed by atoms with van der Waals surface area (Å²) in [7, 11) is 1.52. The summed E-state index contributed by atoms with van der Waals surface area (Å²) in [5, 5.41) is 86.7. The summed E-state index contributed by atoms with van der Waals surface area (Å²) < 4.78 is 203. The smallest absolute Gasteiger partial charge is 0.417 e. The number of fused-ring (bicyclic) bond motifs is 5. The minimum absolute atomic E-state index is 0.0839. The molecule has 18 aromatic rings. The SMILES string of the molecule is CC(O)CNc1ncc(C#N)c(-c2c[nH]c3ncc(C(F)(F)F)cc23)n1.CCCNc1ncc(C#N)c(-c2c[nH]c3ncc(C(F)(F)F)cc23)n1.COc1ccc(CNc2ncc(C#N)c(-c3c[nH]c4ncc(C(F)(F)F)cc34)n2)cc1Cl.N#Cc1cnc(NC2CCC(O)CC2)nc1-c1c[nH]c2ncc(C(F)(F)F)cc12.N#Cc1cnc(NCc2ccc(-n3cccn3)cc2)nc1-c1c[nH]c2ncc(C(F)(F)F)cc12. The molecule has 35 nitrogen and oxygen atoms in total. The Morgan fingerprint density at radius 1 is 0.425 bits per heavy atom. The number of aromatic amines is 5. The van der Waals surface area contributed by atoms with E-state index in [0.717, 1.165) is 97.4 Å². The van der Waals surface area contributed by atoms with Crippen LogP contribution in [0.4, 0.5) is 95.6 Å². The lowest BCUT2D eigenvalue weighted by Gasteiger charge is -2.26. The van der Waals surface area contributed by atoms with Gasteiger partial charge in [-0.25, -0.2) is 79.4 Å². The van der Waals surface area contributed by atoms with Crippen molar-refractivity contribution in [2.24, 2.45) is 0 Å². The normalized spacial score (nSPS) is 13.3. The number of aliphatic hydroxyl groups excluding tert-OH is 2. The molecule has 0 amide bonds. The maximum absolute atomic E-state index is 13.2. The molecule has 0 saturated heterocycles. The third-order valence-electron chi connectivity index (χ3n) is 22.1. The number of nitrogens with one attached hydrogen (secondary N) is 10. The minimum Gasteiger partial charge on any atom is -0.495 e. The highest BCUT2D eigenvalue weighted by Gasteiger charge is 2.37. The van der Waals surface area contributed by atoms with Gasteiger partial charge in [0.05, 0.1) is 145 Å². The summed E-state index contributed by atoms with van der Waals surface area (Å²) >= 11 is 6.13. The molecule has 0 spiro atoms. The van der Waals surface area contributed by atoms with Crippen LogP contribution < -0.4 is 31.3 Å². The molecule has 51 heteroatoms. The number of halogens is 16. The second-order valence-electron chi connectivity index (χ2n) is 32.0.